The van der Waals surface area contributed by atoms with E-state index >= 15 is 0 Å². The van der Waals surface area contributed by atoms with Crippen molar-refractivity contribution < 1.29 is 18.7 Å². The van der Waals surface area contributed by atoms with Crippen LogP contribution in [0.3, 0.4) is 0 Å². The number of piperidine rings is 1. The largest absolute Gasteiger partial charge is 0.494 e. The fourth-order valence-electron chi connectivity index (χ4n) is 4.39. The maximum atomic E-state index is 14.5. The van der Waals surface area contributed by atoms with Crippen LogP contribution in [-0.4, -0.2) is 46.7 Å². The highest BCUT2D eigenvalue weighted by molar-refractivity contribution is 6.31. The van der Waals surface area contributed by atoms with E-state index in [4.69, 9.17) is 16.3 Å². The van der Waals surface area contributed by atoms with Crippen molar-refractivity contribution in [3.8, 4) is 5.75 Å². The SMILES string of the molecule is COc1ccc(Cl)c(CC(=O)Nc2cnn(C3CCN(C(=O)c4ccc(C(C)C)cc4)CC3)c2)c1F. The number of ether oxygens (including phenoxy) is 1. The molecule has 3 aromatic rings. The second-order valence-corrected chi connectivity index (χ2v) is 9.68. The number of methoxy groups -OCH3 is 1. The first-order valence-electron chi connectivity index (χ1n) is 12.0. The number of nitrogens with one attached hydrogen (secondary N) is 1. The summed E-state index contributed by atoms with van der Waals surface area (Å²) < 4.78 is 21.3. The molecule has 1 aliphatic heterocycles. The lowest BCUT2D eigenvalue weighted by molar-refractivity contribution is -0.115. The molecule has 2 aromatic carbocycles. The molecule has 0 aliphatic carbocycles. The van der Waals surface area contributed by atoms with Gasteiger partial charge < -0.3 is 15.0 Å². The minimum Gasteiger partial charge on any atom is -0.494 e. The Morgan fingerprint density at radius 2 is 1.86 bits per heavy atom. The van der Waals surface area contributed by atoms with E-state index < -0.39 is 11.7 Å². The van der Waals surface area contributed by atoms with Gasteiger partial charge in [0.1, 0.15) is 0 Å². The van der Waals surface area contributed by atoms with Gasteiger partial charge in [-0.2, -0.15) is 5.10 Å². The molecule has 36 heavy (non-hydrogen) atoms. The predicted octanol–water partition coefficient (Wildman–Crippen LogP) is 5.47. The lowest BCUT2D eigenvalue weighted by atomic mass is 10.0. The zero-order chi connectivity index (χ0) is 25.8. The van der Waals surface area contributed by atoms with Crippen molar-refractivity contribution in [2.24, 2.45) is 0 Å². The van der Waals surface area contributed by atoms with Crippen molar-refractivity contribution in [3.63, 3.8) is 0 Å². The van der Waals surface area contributed by atoms with E-state index in [-0.39, 0.29) is 34.7 Å². The Morgan fingerprint density at radius 1 is 1.17 bits per heavy atom. The van der Waals surface area contributed by atoms with Gasteiger partial charge >= 0.3 is 0 Å². The number of rotatable bonds is 7. The highest BCUT2D eigenvalue weighted by Gasteiger charge is 2.25. The first-order valence-corrected chi connectivity index (χ1v) is 12.4. The summed E-state index contributed by atoms with van der Waals surface area (Å²) in [6.07, 6.45) is 4.61. The van der Waals surface area contributed by atoms with Crippen molar-refractivity contribution in [3.05, 3.63) is 76.3 Å². The number of anilines is 1. The third kappa shape index (κ3) is 5.70. The minimum absolute atomic E-state index is 0.0346. The van der Waals surface area contributed by atoms with E-state index in [2.05, 4.69) is 24.3 Å². The maximum absolute atomic E-state index is 14.5. The molecule has 0 spiro atoms. The highest BCUT2D eigenvalue weighted by atomic mass is 35.5. The molecule has 4 rings (SSSR count). The lowest BCUT2D eigenvalue weighted by Gasteiger charge is -2.32. The number of aromatic nitrogens is 2. The summed E-state index contributed by atoms with van der Waals surface area (Å²) in [6, 6.07) is 10.9. The topological polar surface area (TPSA) is 76.5 Å². The molecule has 1 aliphatic rings. The Labute approximate surface area is 215 Å². The number of likely N-dealkylation sites (tertiary alicyclic amines) is 1. The van der Waals surface area contributed by atoms with E-state index in [9.17, 15) is 14.0 Å². The van der Waals surface area contributed by atoms with Gasteiger partial charge in [-0.05, 0) is 48.6 Å². The number of amides is 2. The number of carbonyl (C=O) groups is 2. The Bertz CT molecular complexity index is 1230. The average molecular weight is 513 g/mol. The molecule has 1 N–H and O–H groups in total. The van der Waals surface area contributed by atoms with Gasteiger partial charge in [-0.3, -0.25) is 14.3 Å². The number of hydrogen-bond acceptors (Lipinski definition) is 4. The summed E-state index contributed by atoms with van der Waals surface area (Å²) in [5.74, 6) is -0.553. The van der Waals surface area contributed by atoms with E-state index in [0.29, 0.717) is 30.3 Å². The van der Waals surface area contributed by atoms with Crippen molar-refractivity contribution >= 4 is 29.1 Å². The van der Waals surface area contributed by atoms with Crippen LogP contribution in [0, 0.1) is 5.82 Å². The quantitative estimate of drug-likeness (QED) is 0.455. The Hall–Kier alpha value is -3.39. The van der Waals surface area contributed by atoms with Gasteiger partial charge in [0.2, 0.25) is 5.91 Å². The standard InChI is InChI=1S/C27H30ClFN4O3/c1-17(2)18-4-6-19(7-5-18)27(35)32-12-10-21(11-13-32)33-16-20(15-30-33)31-25(34)14-22-23(28)8-9-24(36-3)26(22)29/h4-9,15-17,21H,10-14H2,1-3H3,(H,31,34). The van der Waals surface area contributed by atoms with Crippen LogP contribution in [0.4, 0.5) is 10.1 Å². The summed E-state index contributed by atoms with van der Waals surface area (Å²) in [6.45, 7) is 5.52. The predicted molar refractivity (Wildman–Crippen MR) is 137 cm³/mol. The van der Waals surface area contributed by atoms with Crippen molar-refractivity contribution in [1.82, 2.24) is 14.7 Å². The molecule has 0 unspecified atom stereocenters. The Morgan fingerprint density at radius 3 is 2.50 bits per heavy atom. The van der Waals surface area contributed by atoms with Crippen LogP contribution >= 0.6 is 11.6 Å². The second-order valence-electron chi connectivity index (χ2n) is 9.28. The minimum atomic E-state index is -0.645. The number of halogens is 2. The maximum Gasteiger partial charge on any atom is 0.253 e. The summed E-state index contributed by atoms with van der Waals surface area (Å²) in [7, 11) is 1.36. The van der Waals surface area contributed by atoms with E-state index in [1.165, 1.54) is 24.8 Å². The molecule has 1 fully saturated rings. The van der Waals surface area contributed by atoms with Gasteiger partial charge in [0.25, 0.3) is 5.91 Å². The molecule has 1 aromatic heterocycles. The normalized spacial score (nSPS) is 14.2. The van der Waals surface area contributed by atoms with Gasteiger partial charge in [0.05, 0.1) is 31.5 Å². The smallest absolute Gasteiger partial charge is 0.253 e. The molecule has 0 radical (unpaired) electrons. The molecule has 0 saturated carbocycles. The molecule has 1 saturated heterocycles. The zero-order valence-corrected chi connectivity index (χ0v) is 21.4. The molecular weight excluding hydrogens is 483 g/mol. The number of hydrogen-bond donors (Lipinski definition) is 1. The van der Waals surface area contributed by atoms with Crippen LogP contribution in [0.5, 0.6) is 5.75 Å². The Kier molecular flexibility index (Phi) is 7.94. The summed E-state index contributed by atoms with van der Waals surface area (Å²) in [4.78, 5) is 27.3. The molecule has 0 bridgehead atoms. The molecule has 2 amide bonds. The summed E-state index contributed by atoms with van der Waals surface area (Å²) in [5.41, 5.74) is 2.51. The highest BCUT2D eigenvalue weighted by Crippen LogP contribution is 2.28. The van der Waals surface area contributed by atoms with Gasteiger partial charge in [-0.1, -0.05) is 37.6 Å². The molecule has 0 atom stereocenters. The van der Waals surface area contributed by atoms with Crippen molar-refractivity contribution in [1.29, 1.82) is 0 Å². The number of carbonyl (C=O) groups excluding carboxylic acids is 2. The third-order valence-electron chi connectivity index (χ3n) is 6.54. The fraction of sp³-hybridized carbons (Fsp3) is 0.370. The zero-order valence-electron chi connectivity index (χ0n) is 20.6. The van der Waals surface area contributed by atoms with Gasteiger partial charge in [-0.15, -0.1) is 0 Å². The van der Waals surface area contributed by atoms with Crippen LogP contribution in [0.1, 0.15) is 60.1 Å². The molecular formula is C27H30ClFN4O3. The number of benzene rings is 2. The third-order valence-corrected chi connectivity index (χ3v) is 6.90. The lowest BCUT2D eigenvalue weighted by Crippen LogP contribution is -2.39. The first-order chi connectivity index (χ1) is 17.3. The molecule has 2 heterocycles. The van der Waals surface area contributed by atoms with Crippen molar-refractivity contribution in [2.75, 3.05) is 25.5 Å². The van der Waals surface area contributed by atoms with Crippen LogP contribution in [0.15, 0.2) is 48.8 Å². The monoisotopic (exact) mass is 512 g/mol. The molecule has 7 nitrogen and oxygen atoms in total. The molecule has 9 heteroatoms. The molecule has 190 valence electrons. The Balaban J connectivity index is 1.32. The van der Waals surface area contributed by atoms with Gasteiger partial charge in [0, 0.05) is 35.4 Å². The fourth-order valence-corrected chi connectivity index (χ4v) is 4.60. The number of nitrogens with zero attached hydrogens (tertiary/aromatic N) is 3. The van der Waals surface area contributed by atoms with Crippen molar-refractivity contribution in [2.45, 2.75) is 45.1 Å². The summed E-state index contributed by atoms with van der Waals surface area (Å²) >= 11 is 6.08. The van der Waals surface area contributed by atoms with Crippen LogP contribution in [0.2, 0.25) is 5.02 Å². The van der Waals surface area contributed by atoms with E-state index in [0.717, 1.165) is 12.8 Å². The van der Waals surface area contributed by atoms with Gasteiger partial charge in [-0.25, -0.2) is 4.39 Å². The average Bonchev–Trinajstić information content (AvgIpc) is 3.34. The first kappa shape index (κ1) is 25.7. The second kappa shape index (κ2) is 11.1. The van der Waals surface area contributed by atoms with Crippen LogP contribution in [0.25, 0.3) is 0 Å². The van der Waals surface area contributed by atoms with E-state index in [1.54, 1.807) is 12.4 Å². The van der Waals surface area contributed by atoms with Crippen LogP contribution < -0.4 is 10.1 Å². The van der Waals surface area contributed by atoms with E-state index in [1.807, 2.05) is 33.8 Å². The van der Waals surface area contributed by atoms with Gasteiger partial charge in [0.15, 0.2) is 11.6 Å². The van der Waals surface area contributed by atoms with Crippen LogP contribution in [-0.2, 0) is 11.2 Å². The summed E-state index contributed by atoms with van der Waals surface area (Å²) in [5, 5.41) is 7.31.